The summed E-state index contributed by atoms with van der Waals surface area (Å²) in [7, 11) is 0. The average molecular weight is 285 g/mol. The van der Waals surface area contributed by atoms with Crippen LogP contribution in [0.2, 0.25) is 0 Å². The third-order valence-electron chi connectivity index (χ3n) is 4.55. The molecule has 0 amide bonds. The van der Waals surface area contributed by atoms with E-state index in [9.17, 15) is 0 Å². The maximum atomic E-state index is 5.72. The standard InChI is InChI=1S/C16H31NOS/c1-2-17-15(13-14-8-11-19-12-9-14)5-3-6-16-7-4-10-18-16/h14-17H,2-13H2,1H3. The molecule has 1 N–H and O–H groups in total. The van der Waals surface area contributed by atoms with E-state index in [1.54, 1.807) is 0 Å². The van der Waals surface area contributed by atoms with Gasteiger partial charge in [0.05, 0.1) is 6.10 Å². The van der Waals surface area contributed by atoms with Crippen LogP contribution in [0.5, 0.6) is 0 Å². The molecule has 3 heteroatoms. The van der Waals surface area contributed by atoms with Gasteiger partial charge in [-0.15, -0.1) is 0 Å². The van der Waals surface area contributed by atoms with Crippen molar-refractivity contribution in [3.63, 3.8) is 0 Å². The average Bonchev–Trinajstić information content (AvgIpc) is 2.93. The fourth-order valence-corrected chi connectivity index (χ4v) is 4.64. The van der Waals surface area contributed by atoms with Crippen molar-refractivity contribution in [3.8, 4) is 0 Å². The number of nitrogens with one attached hydrogen (secondary N) is 1. The number of hydrogen-bond donors (Lipinski definition) is 1. The van der Waals surface area contributed by atoms with Crippen LogP contribution in [-0.2, 0) is 4.74 Å². The van der Waals surface area contributed by atoms with Gasteiger partial charge in [0.25, 0.3) is 0 Å². The molecule has 2 aliphatic rings. The van der Waals surface area contributed by atoms with Gasteiger partial charge >= 0.3 is 0 Å². The van der Waals surface area contributed by atoms with Gasteiger partial charge < -0.3 is 10.1 Å². The topological polar surface area (TPSA) is 21.3 Å². The third kappa shape index (κ3) is 6.05. The lowest BCUT2D eigenvalue weighted by molar-refractivity contribution is 0.101. The second-order valence-corrected chi connectivity index (χ2v) is 7.34. The van der Waals surface area contributed by atoms with Gasteiger partial charge in [0.2, 0.25) is 0 Å². The first-order valence-electron chi connectivity index (χ1n) is 8.31. The summed E-state index contributed by atoms with van der Waals surface area (Å²) in [6.07, 6.45) is 11.4. The first-order valence-corrected chi connectivity index (χ1v) is 9.46. The van der Waals surface area contributed by atoms with Gasteiger partial charge in [-0.1, -0.05) is 6.92 Å². The first-order chi connectivity index (χ1) is 9.38. The van der Waals surface area contributed by atoms with Crippen molar-refractivity contribution in [2.24, 2.45) is 5.92 Å². The summed E-state index contributed by atoms with van der Waals surface area (Å²) in [5, 5.41) is 3.71. The molecule has 2 fully saturated rings. The van der Waals surface area contributed by atoms with E-state index in [0.29, 0.717) is 6.10 Å². The second-order valence-electron chi connectivity index (χ2n) is 6.11. The van der Waals surface area contributed by atoms with Crippen LogP contribution < -0.4 is 5.32 Å². The minimum atomic E-state index is 0.577. The lowest BCUT2D eigenvalue weighted by Gasteiger charge is -2.27. The molecule has 2 saturated heterocycles. The van der Waals surface area contributed by atoms with Crippen molar-refractivity contribution in [2.75, 3.05) is 24.7 Å². The van der Waals surface area contributed by atoms with Crippen molar-refractivity contribution in [1.29, 1.82) is 0 Å². The number of ether oxygens (including phenoxy) is 1. The Kier molecular flexibility index (Phi) is 7.62. The van der Waals surface area contributed by atoms with Crippen LogP contribution in [0.25, 0.3) is 0 Å². The minimum Gasteiger partial charge on any atom is -0.378 e. The molecule has 0 radical (unpaired) electrons. The molecule has 2 nitrogen and oxygen atoms in total. The van der Waals surface area contributed by atoms with E-state index < -0.39 is 0 Å². The van der Waals surface area contributed by atoms with Crippen molar-refractivity contribution in [2.45, 2.75) is 70.4 Å². The second kappa shape index (κ2) is 9.25. The maximum Gasteiger partial charge on any atom is 0.0576 e. The highest BCUT2D eigenvalue weighted by molar-refractivity contribution is 7.99. The van der Waals surface area contributed by atoms with Crippen LogP contribution in [0.3, 0.4) is 0 Å². The largest absolute Gasteiger partial charge is 0.378 e. The van der Waals surface area contributed by atoms with Crippen LogP contribution in [0, 0.1) is 5.92 Å². The summed E-state index contributed by atoms with van der Waals surface area (Å²) in [6.45, 7) is 4.36. The molecule has 112 valence electrons. The molecule has 0 aromatic rings. The summed E-state index contributed by atoms with van der Waals surface area (Å²) in [5.41, 5.74) is 0. The molecule has 0 aliphatic carbocycles. The summed E-state index contributed by atoms with van der Waals surface area (Å²) >= 11 is 2.14. The zero-order valence-electron chi connectivity index (χ0n) is 12.5. The van der Waals surface area contributed by atoms with Crippen molar-refractivity contribution < 1.29 is 4.74 Å². The van der Waals surface area contributed by atoms with Gasteiger partial charge in [-0.3, -0.25) is 0 Å². The van der Waals surface area contributed by atoms with E-state index >= 15 is 0 Å². The molecule has 0 aromatic carbocycles. The first kappa shape index (κ1) is 15.7. The van der Waals surface area contributed by atoms with Crippen LogP contribution in [0.1, 0.15) is 58.3 Å². The fourth-order valence-electron chi connectivity index (χ4n) is 3.44. The van der Waals surface area contributed by atoms with Crippen LogP contribution in [0.15, 0.2) is 0 Å². The lowest BCUT2D eigenvalue weighted by Crippen LogP contribution is -2.32. The predicted molar refractivity (Wildman–Crippen MR) is 85.0 cm³/mol. The van der Waals surface area contributed by atoms with Crippen LogP contribution in [0.4, 0.5) is 0 Å². The van der Waals surface area contributed by atoms with Crippen molar-refractivity contribution in [1.82, 2.24) is 5.32 Å². The van der Waals surface area contributed by atoms with Crippen molar-refractivity contribution in [3.05, 3.63) is 0 Å². The number of thioether (sulfide) groups is 1. The Hall–Kier alpha value is 0.270. The predicted octanol–water partition coefficient (Wildman–Crippen LogP) is 3.85. The molecule has 2 aliphatic heterocycles. The highest BCUT2D eigenvalue weighted by Gasteiger charge is 2.20. The van der Waals surface area contributed by atoms with E-state index in [1.165, 1.54) is 62.9 Å². The van der Waals surface area contributed by atoms with E-state index in [2.05, 4.69) is 24.0 Å². The lowest BCUT2D eigenvalue weighted by atomic mass is 9.91. The number of hydrogen-bond acceptors (Lipinski definition) is 3. The van der Waals surface area contributed by atoms with Gasteiger partial charge in [-0.2, -0.15) is 11.8 Å². The highest BCUT2D eigenvalue weighted by atomic mass is 32.2. The quantitative estimate of drug-likeness (QED) is 0.732. The van der Waals surface area contributed by atoms with E-state index in [4.69, 9.17) is 4.74 Å². The monoisotopic (exact) mass is 285 g/mol. The summed E-state index contributed by atoms with van der Waals surface area (Å²) in [4.78, 5) is 0. The Bertz CT molecular complexity index is 225. The third-order valence-corrected chi connectivity index (χ3v) is 5.60. The SMILES string of the molecule is CCNC(CCCC1CCCO1)CC1CCSCC1. The Morgan fingerprint density at radius 2 is 2.11 bits per heavy atom. The van der Waals surface area contributed by atoms with E-state index in [0.717, 1.165) is 25.1 Å². The van der Waals surface area contributed by atoms with Crippen LogP contribution >= 0.6 is 11.8 Å². The Morgan fingerprint density at radius 1 is 1.26 bits per heavy atom. The molecule has 2 atom stereocenters. The minimum absolute atomic E-state index is 0.577. The Morgan fingerprint density at radius 3 is 2.79 bits per heavy atom. The molecule has 0 saturated carbocycles. The molecule has 2 unspecified atom stereocenters. The van der Waals surface area contributed by atoms with E-state index in [-0.39, 0.29) is 0 Å². The normalized spacial score (nSPS) is 26.7. The molecule has 2 rings (SSSR count). The zero-order valence-corrected chi connectivity index (χ0v) is 13.4. The van der Waals surface area contributed by atoms with E-state index in [1.807, 2.05) is 0 Å². The molecular formula is C16H31NOS. The van der Waals surface area contributed by atoms with Crippen molar-refractivity contribution >= 4 is 11.8 Å². The molecule has 0 spiro atoms. The summed E-state index contributed by atoms with van der Waals surface area (Å²) in [6, 6.07) is 0.750. The molecule has 19 heavy (non-hydrogen) atoms. The Balaban J connectivity index is 1.62. The summed E-state index contributed by atoms with van der Waals surface area (Å²) < 4.78 is 5.72. The van der Waals surface area contributed by atoms with Gasteiger partial charge in [0.1, 0.15) is 0 Å². The molecule has 0 aromatic heterocycles. The number of rotatable bonds is 8. The molecule has 0 bridgehead atoms. The van der Waals surface area contributed by atoms with Crippen LogP contribution in [-0.4, -0.2) is 36.8 Å². The van der Waals surface area contributed by atoms with Gasteiger partial charge in [-0.05, 0) is 75.3 Å². The van der Waals surface area contributed by atoms with Gasteiger partial charge in [0, 0.05) is 12.6 Å². The fraction of sp³-hybridized carbons (Fsp3) is 1.00. The zero-order chi connectivity index (χ0) is 13.3. The summed E-state index contributed by atoms with van der Waals surface area (Å²) in [5.74, 6) is 3.76. The molecular weight excluding hydrogens is 254 g/mol. The van der Waals surface area contributed by atoms with Gasteiger partial charge in [-0.25, -0.2) is 0 Å². The highest BCUT2D eigenvalue weighted by Crippen LogP contribution is 2.27. The maximum absolute atomic E-state index is 5.72. The smallest absolute Gasteiger partial charge is 0.0576 e. The Labute approximate surface area is 123 Å². The molecule has 2 heterocycles. The van der Waals surface area contributed by atoms with Gasteiger partial charge in [0.15, 0.2) is 0 Å².